The molecule has 152 valence electrons. The summed E-state index contributed by atoms with van der Waals surface area (Å²) >= 11 is 11.9. The number of rotatable bonds is 5. The Labute approximate surface area is 178 Å². The molecule has 3 N–H and O–H groups in total. The number of nitrogens with zero attached hydrogens (tertiary/aromatic N) is 1. The summed E-state index contributed by atoms with van der Waals surface area (Å²) in [6.45, 7) is 0.526. The zero-order chi connectivity index (χ0) is 20.8. The molecule has 1 aliphatic heterocycles. The molecule has 4 amide bonds. The Hall–Kier alpha value is -2.61. The Kier molecular flexibility index (Phi) is 7.09. The third-order valence-corrected chi connectivity index (χ3v) is 4.86. The number of amides is 4. The molecule has 0 aliphatic carbocycles. The summed E-state index contributed by atoms with van der Waals surface area (Å²) in [5.41, 5.74) is 1.07. The highest BCUT2D eigenvalue weighted by molar-refractivity contribution is 6.35. The molecule has 29 heavy (non-hydrogen) atoms. The molecule has 1 atom stereocenters. The van der Waals surface area contributed by atoms with E-state index in [0.29, 0.717) is 34.4 Å². The number of halogens is 2. The van der Waals surface area contributed by atoms with E-state index in [-0.39, 0.29) is 12.5 Å². The normalized spacial score (nSPS) is 16.3. The van der Waals surface area contributed by atoms with Crippen LogP contribution in [0.3, 0.4) is 0 Å². The lowest BCUT2D eigenvalue weighted by Gasteiger charge is -2.23. The van der Waals surface area contributed by atoms with Crippen molar-refractivity contribution in [1.29, 1.82) is 0 Å². The first kappa shape index (κ1) is 21.1. The van der Waals surface area contributed by atoms with E-state index in [1.54, 1.807) is 47.4 Å². The monoisotopic (exact) mass is 434 g/mol. The van der Waals surface area contributed by atoms with E-state index in [0.717, 1.165) is 6.42 Å². The molecule has 1 fully saturated rings. The molecule has 2 aromatic carbocycles. The fourth-order valence-electron chi connectivity index (χ4n) is 3.20. The van der Waals surface area contributed by atoms with Gasteiger partial charge in [-0.15, -0.1) is 0 Å². The molecule has 1 saturated heterocycles. The minimum Gasteiger partial charge on any atom is -0.325 e. The average Bonchev–Trinajstić information content (AvgIpc) is 3.09. The van der Waals surface area contributed by atoms with E-state index in [1.165, 1.54) is 0 Å². The van der Waals surface area contributed by atoms with Crippen LogP contribution in [-0.2, 0) is 9.59 Å². The Morgan fingerprint density at radius 3 is 2.34 bits per heavy atom. The molecule has 1 heterocycles. The maximum absolute atomic E-state index is 12.6. The molecular weight excluding hydrogens is 415 g/mol. The second-order valence-corrected chi connectivity index (χ2v) is 7.52. The van der Waals surface area contributed by atoms with Gasteiger partial charge in [0.05, 0.1) is 12.6 Å². The molecule has 2 aromatic rings. The zero-order valence-corrected chi connectivity index (χ0v) is 17.0. The minimum absolute atomic E-state index is 0.0589. The molecule has 0 aromatic heterocycles. The Bertz CT molecular complexity index is 888. The van der Waals surface area contributed by atoms with Crippen molar-refractivity contribution in [3.8, 4) is 0 Å². The SMILES string of the molecule is O=C(CN1CCCC1C(=O)Nc1cc(Cl)cc(Cl)c1)NC(=O)Nc1ccccc1. The number of benzene rings is 2. The van der Waals surface area contributed by atoms with Gasteiger partial charge in [0.2, 0.25) is 11.8 Å². The lowest BCUT2D eigenvalue weighted by atomic mass is 10.2. The number of nitrogens with one attached hydrogen (secondary N) is 3. The smallest absolute Gasteiger partial charge is 0.325 e. The highest BCUT2D eigenvalue weighted by Gasteiger charge is 2.32. The standard InChI is InChI=1S/C20H20Cl2N4O3/c21-13-9-14(22)11-16(10-13)23-19(28)17-7-4-8-26(17)12-18(27)25-20(29)24-15-5-2-1-3-6-15/h1-3,5-6,9-11,17H,4,7-8,12H2,(H,23,28)(H2,24,25,27,29). The number of anilines is 2. The van der Waals surface area contributed by atoms with Crippen LogP contribution in [0.1, 0.15) is 12.8 Å². The fourth-order valence-corrected chi connectivity index (χ4v) is 3.72. The van der Waals surface area contributed by atoms with Crippen LogP contribution in [0.25, 0.3) is 0 Å². The highest BCUT2D eigenvalue weighted by Crippen LogP contribution is 2.24. The second kappa shape index (κ2) is 9.73. The topological polar surface area (TPSA) is 90.5 Å². The van der Waals surface area contributed by atoms with Crippen molar-refractivity contribution in [3.05, 3.63) is 58.6 Å². The van der Waals surface area contributed by atoms with Gasteiger partial charge in [0, 0.05) is 21.4 Å². The van der Waals surface area contributed by atoms with Gasteiger partial charge in [0.25, 0.3) is 0 Å². The third-order valence-electron chi connectivity index (χ3n) is 4.43. The number of hydrogen-bond acceptors (Lipinski definition) is 4. The summed E-state index contributed by atoms with van der Waals surface area (Å²) in [5.74, 6) is -0.730. The van der Waals surface area contributed by atoms with Crippen LogP contribution in [0.2, 0.25) is 10.0 Å². The van der Waals surface area contributed by atoms with Gasteiger partial charge in [-0.1, -0.05) is 41.4 Å². The van der Waals surface area contributed by atoms with E-state index in [1.807, 2.05) is 6.07 Å². The predicted molar refractivity (Wildman–Crippen MR) is 113 cm³/mol. The van der Waals surface area contributed by atoms with Gasteiger partial charge in [-0.05, 0) is 49.7 Å². The first-order valence-corrected chi connectivity index (χ1v) is 9.83. The first-order valence-electron chi connectivity index (χ1n) is 9.07. The fraction of sp³-hybridized carbons (Fsp3) is 0.250. The van der Waals surface area contributed by atoms with Crippen molar-refractivity contribution in [3.63, 3.8) is 0 Å². The maximum Gasteiger partial charge on any atom is 0.325 e. The van der Waals surface area contributed by atoms with Gasteiger partial charge >= 0.3 is 6.03 Å². The van der Waals surface area contributed by atoms with E-state index in [4.69, 9.17) is 23.2 Å². The third kappa shape index (κ3) is 6.19. The number of imide groups is 1. The van der Waals surface area contributed by atoms with Crippen LogP contribution in [-0.4, -0.2) is 41.9 Å². The average molecular weight is 435 g/mol. The Morgan fingerprint density at radius 1 is 0.966 bits per heavy atom. The Morgan fingerprint density at radius 2 is 1.66 bits per heavy atom. The number of carbonyl (C=O) groups excluding carboxylic acids is 3. The minimum atomic E-state index is -0.616. The predicted octanol–water partition coefficient (Wildman–Crippen LogP) is 3.74. The van der Waals surface area contributed by atoms with Gasteiger partial charge in [0.1, 0.15) is 0 Å². The molecule has 0 spiro atoms. The summed E-state index contributed by atoms with van der Waals surface area (Å²) in [5, 5.41) is 8.48. The van der Waals surface area contributed by atoms with Gasteiger partial charge in [-0.25, -0.2) is 4.79 Å². The summed E-state index contributed by atoms with van der Waals surface area (Å²) < 4.78 is 0. The first-order chi connectivity index (χ1) is 13.9. The summed E-state index contributed by atoms with van der Waals surface area (Å²) in [6.07, 6.45) is 1.39. The number of urea groups is 1. The zero-order valence-electron chi connectivity index (χ0n) is 15.5. The van der Waals surface area contributed by atoms with Crippen molar-refractivity contribution >= 4 is 52.4 Å². The van der Waals surface area contributed by atoms with Crippen LogP contribution in [0.4, 0.5) is 16.2 Å². The van der Waals surface area contributed by atoms with Crippen LogP contribution in [0.5, 0.6) is 0 Å². The maximum atomic E-state index is 12.6. The highest BCUT2D eigenvalue weighted by atomic mass is 35.5. The summed E-state index contributed by atoms with van der Waals surface area (Å²) in [6, 6.07) is 12.5. The van der Waals surface area contributed by atoms with Crippen LogP contribution in [0.15, 0.2) is 48.5 Å². The molecule has 1 unspecified atom stereocenters. The van der Waals surface area contributed by atoms with Gasteiger partial charge in [0.15, 0.2) is 0 Å². The second-order valence-electron chi connectivity index (χ2n) is 6.64. The van der Waals surface area contributed by atoms with Crippen LogP contribution in [0, 0.1) is 0 Å². The molecule has 0 radical (unpaired) electrons. The Balaban J connectivity index is 1.53. The van der Waals surface area contributed by atoms with E-state index in [2.05, 4.69) is 16.0 Å². The van der Waals surface area contributed by atoms with Crippen LogP contribution >= 0.6 is 23.2 Å². The van der Waals surface area contributed by atoms with E-state index < -0.39 is 18.0 Å². The molecular formula is C20H20Cl2N4O3. The van der Waals surface area contributed by atoms with Gasteiger partial charge in [-0.2, -0.15) is 0 Å². The summed E-state index contributed by atoms with van der Waals surface area (Å²) in [4.78, 5) is 38.6. The van der Waals surface area contributed by atoms with Crippen molar-refractivity contribution in [2.75, 3.05) is 23.7 Å². The lowest BCUT2D eigenvalue weighted by molar-refractivity contribution is -0.124. The number of para-hydroxylation sites is 1. The van der Waals surface area contributed by atoms with Crippen molar-refractivity contribution in [1.82, 2.24) is 10.2 Å². The lowest BCUT2D eigenvalue weighted by Crippen LogP contribution is -2.46. The molecule has 7 nitrogen and oxygen atoms in total. The van der Waals surface area contributed by atoms with Crippen molar-refractivity contribution in [2.24, 2.45) is 0 Å². The van der Waals surface area contributed by atoms with Crippen molar-refractivity contribution in [2.45, 2.75) is 18.9 Å². The molecule has 3 rings (SSSR count). The van der Waals surface area contributed by atoms with E-state index >= 15 is 0 Å². The van der Waals surface area contributed by atoms with Gasteiger partial charge in [-0.3, -0.25) is 19.8 Å². The van der Waals surface area contributed by atoms with Gasteiger partial charge < -0.3 is 10.6 Å². The molecule has 0 saturated carbocycles. The van der Waals surface area contributed by atoms with E-state index in [9.17, 15) is 14.4 Å². The molecule has 9 heteroatoms. The quantitative estimate of drug-likeness (QED) is 0.668. The number of carbonyl (C=O) groups is 3. The molecule has 0 bridgehead atoms. The largest absolute Gasteiger partial charge is 0.325 e. The molecule has 1 aliphatic rings. The number of likely N-dealkylation sites (tertiary alicyclic amines) is 1. The van der Waals surface area contributed by atoms with Crippen molar-refractivity contribution < 1.29 is 14.4 Å². The van der Waals surface area contributed by atoms with Crippen LogP contribution < -0.4 is 16.0 Å². The summed E-state index contributed by atoms with van der Waals surface area (Å²) in [7, 11) is 0. The number of hydrogen-bond donors (Lipinski definition) is 3.